The SMILES string of the molecule is C=C(N)C1(S(=O)c2ccc(CCCCN3C(=O)c4ccccc4C3=O)cc2)CCOCC1. The standard InChI is InChI=1S/C25H28N2O4S/c1-18(26)25(13-16-31-17-14-25)32(30)20-11-9-19(10-12-20)6-4-5-15-27-23(28)21-7-2-3-8-22(21)24(27)29/h2-3,7-12H,1,4-6,13-17,26H2. The van der Waals surface area contributed by atoms with Crippen LogP contribution in [-0.2, 0) is 22.0 Å². The molecule has 2 aliphatic heterocycles. The minimum Gasteiger partial charge on any atom is -0.401 e. The van der Waals surface area contributed by atoms with E-state index in [2.05, 4.69) is 6.58 Å². The van der Waals surface area contributed by atoms with Crippen LogP contribution < -0.4 is 5.73 Å². The van der Waals surface area contributed by atoms with Crippen LogP contribution in [-0.4, -0.2) is 45.4 Å². The van der Waals surface area contributed by atoms with Crippen LogP contribution in [0.3, 0.4) is 0 Å². The molecule has 6 nitrogen and oxygen atoms in total. The first-order valence-corrected chi connectivity index (χ1v) is 12.1. The normalized spacial score (nSPS) is 18.4. The number of fused-ring (bicyclic) bond motifs is 1. The Morgan fingerprint density at radius 2 is 1.59 bits per heavy atom. The Labute approximate surface area is 190 Å². The highest BCUT2D eigenvalue weighted by Gasteiger charge is 2.41. The first-order valence-electron chi connectivity index (χ1n) is 10.9. The van der Waals surface area contributed by atoms with E-state index in [1.165, 1.54) is 4.90 Å². The van der Waals surface area contributed by atoms with Crippen molar-refractivity contribution in [3.63, 3.8) is 0 Å². The zero-order valence-electron chi connectivity index (χ0n) is 18.0. The molecule has 0 aliphatic carbocycles. The van der Waals surface area contributed by atoms with Gasteiger partial charge < -0.3 is 10.5 Å². The van der Waals surface area contributed by atoms with Gasteiger partial charge in [0.15, 0.2) is 0 Å². The Morgan fingerprint density at radius 3 is 2.16 bits per heavy atom. The Balaban J connectivity index is 1.31. The minimum atomic E-state index is -1.29. The molecule has 0 radical (unpaired) electrons. The summed E-state index contributed by atoms with van der Waals surface area (Å²) in [5, 5.41) is 0. The van der Waals surface area contributed by atoms with Crippen molar-refractivity contribution in [1.82, 2.24) is 4.90 Å². The molecule has 1 fully saturated rings. The number of amides is 2. The van der Waals surface area contributed by atoms with Crippen molar-refractivity contribution in [2.24, 2.45) is 5.73 Å². The maximum atomic E-state index is 13.3. The number of hydrogen-bond donors (Lipinski definition) is 1. The van der Waals surface area contributed by atoms with Crippen LogP contribution in [0.25, 0.3) is 0 Å². The van der Waals surface area contributed by atoms with Crippen LogP contribution in [0.2, 0.25) is 0 Å². The summed E-state index contributed by atoms with van der Waals surface area (Å²) in [4.78, 5) is 26.9. The number of benzene rings is 2. The Bertz CT molecular complexity index is 1020. The Morgan fingerprint density at radius 1 is 1.00 bits per heavy atom. The molecule has 32 heavy (non-hydrogen) atoms. The van der Waals surface area contributed by atoms with Crippen LogP contribution >= 0.6 is 0 Å². The van der Waals surface area contributed by atoms with E-state index < -0.39 is 15.5 Å². The summed E-state index contributed by atoms with van der Waals surface area (Å²) >= 11 is 0. The number of hydrogen-bond acceptors (Lipinski definition) is 5. The third-order valence-corrected chi connectivity index (χ3v) is 8.43. The highest BCUT2D eigenvalue weighted by molar-refractivity contribution is 7.86. The topological polar surface area (TPSA) is 89.7 Å². The lowest BCUT2D eigenvalue weighted by Crippen LogP contribution is -2.44. The average molecular weight is 453 g/mol. The highest BCUT2D eigenvalue weighted by atomic mass is 32.2. The largest absolute Gasteiger partial charge is 0.401 e. The molecule has 2 amide bonds. The fourth-order valence-corrected chi connectivity index (χ4v) is 5.98. The molecular weight excluding hydrogens is 424 g/mol. The van der Waals surface area contributed by atoms with Crippen molar-refractivity contribution in [1.29, 1.82) is 0 Å². The molecule has 0 saturated carbocycles. The third-order valence-electron chi connectivity index (χ3n) is 6.35. The first kappa shape index (κ1) is 22.4. The van der Waals surface area contributed by atoms with Crippen LogP contribution in [0.15, 0.2) is 65.7 Å². The summed E-state index contributed by atoms with van der Waals surface area (Å²) in [6.45, 7) is 5.38. The van der Waals surface area contributed by atoms with E-state index in [1.807, 2.05) is 24.3 Å². The number of ether oxygens (including phenoxy) is 1. The maximum absolute atomic E-state index is 13.3. The molecule has 1 atom stereocenters. The smallest absolute Gasteiger partial charge is 0.261 e. The van der Waals surface area contributed by atoms with Gasteiger partial charge in [-0.05, 0) is 61.9 Å². The third kappa shape index (κ3) is 4.14. The summed E-state index contributed by atoms with van der Waals surface area (Å²) in [7, 11) is -1.29. The van der Waals surface area contributed by atoms with Gasteiger partial charge in [0, 0.05) is 30.4 Å². The lowest BCUT2D eigenvalue weighted by atomic mass is 9.96. The van der Waals surface area contributed by atoms with Gasteiger partial charge in [0.2, 0.25) is 0 Å². The van der Waals surface area contributed by atoms with Crippen molar-refractivity contribution in [2.75, 3.05) is 19.8 Å². The van der Waals surface area contributed by atoms with Crippen molar-refractivity contribution >= 4 is 22.6 Å². The number of nitrogens with zero attached hydrogens (tertiary/aromatic N) is 1. The number of imide groups is 1. The molecule has 0 aromatic heterocycles. The van der Waals surface area contributed by atoms with Crippen molar-refractivity contribution in [3.8, 4) is 0 Å². The van der Waals surface area contributed by atoms with Crippen molar-refractivity contribution in [3.05, 3.63) is 77.5 Å². The summed E-state index contributed by atoms with van der Waals surface area (Å²) in [6, 6.07) is 14.7. The maximum Gasteiger partial charge on any atom is 0.261 e. The van der Waals surface area contributed by atoms with Gasteiger partial charge in [-0.3, -0.25) is 18.7 Å². The lowest BCUT2D eigenvalue weighted by Gasteiger charge is -2.36. The summed E-state index contributed by atoms with van der Waals surface area (Å²) < 4.78 is 18.1. The molecule has 168 valence electrons. The first-order chi connectivity index (χ1) is 15.4. The zero-order chi connectivity index (χ0) is 22.7. The monoisotopic (exact) mass is 452 g/mol. The van der Waals surface area contributed by atoms with Gasteiger partial charge in [0.05, 0.1) is 26.7 Å². The molecule has 7 heteroatoms. The molecule has 0 spiro atoms. The fraction of sp³-hybridized carbons (Fsp3) is 0.360. The molecule has 2 N–H and O–H groups in total. The summed E-state index contributed by atoms with van der Waals surface area (Å²) in [5.41, 5.74) is 8.62. The Hall–Kier alpha value is -2.77. The quantitative estimate of drug-likeness (QED) is 0.490. The number of carbonyl (C=O) groups excluding carboxylic acids is 2. The molecule has 4 rings (SSSR count). The molecule has 2 aliphatic rings. The van der Waals surface area contributed by atoms with E-state index >= 15 is 0 Å². The number of aryl methyl sites for hydroxylation is 1. The number of carbonyl (C=O) groups is 2. The van der Waals surface area contributed by atoms with Gasteiger partial charge in [0.1, 0.15) is 0 Å². The van der Waals surface area contributed by atoms with Gasteiger partial charge in [0.25, 0.3) is 11.8 Å². The minimum absolute atomic E-state index is 0.207. The predicted octanol–water partition coefficient (Wildman–Crippen LogP) is 3.43. The van der Waals surface area contributed by atoms with E-state index in [9.17, 15) is 13.8 Å². The van der Waals surface area contributed by atoms with Gasteiger partial charge in [-0.1, -0.05) is 30.8 Å². The highest BCUT2D eigenvalue weighted by Crippen LogP contribution is 2.35. The van der Waals surface area contributed by atoms with Gasteiger partial charge >= 0.3 is 0 Å². The van der Waals surface area contributed by atoms with Crippen molar-refractivity contribution in [2.45, 2.75) is 41.7 Å². The molecular formula is C25H28N2O4S. The van der Waals surface area contributed by atoms with E-state index in [0.29, 0.717) is 49.4 Å². The lowest BCUT2D eigenvalue weighted by molar-refractivity contribution is 0.0651. The van der Waals surface area contributed by atoms with Crippen LogP contribution in [0.1, 0.15) is 52.0 Å². The number of nitrogens with two attached hydrogens (primary N) is 1. The van der Waals surface area contributed by atoms with Crippen LogP contribution in [0.5, 0.6) is 0 Å². The summed E-state index contributed by atoms with van der Waals surface area (Å²) in [5.74, 6) is -0.415. The molecule has 1 saturated heterocycles. The predicted molar refractivity (Wildman–Crippen MR) is 124 cm³/mol. The van der Waals surface area contributed by atoms with Crippen LogP contribution in [0.4, 0.5) is 0 Å². The van der Waals surface area contributed by atoms with E-state index in [-0.39, 0.29) is 11.8 Å². The summed E-state index contributed by atoms with van der Waals surface area (Å²) in [6.07, 6.45) is 3.60. The molecule has 0 bridgehead atoms. The average Bonchev–Trinajstić information content (AvgIpc) is 3.07. The molecule has 2 heterocycles. The van der Waals surface area contributed by atoms with Crippen LogP contribution in [0, 0.1) is 0 Å². The number of unbranched alkanes of at least 4 members (excludes halogenated alkanes) is 1. The number of rotatable bonds is 8. The van der Waals surface area contributed by atoms with Gasteiger partial charge in [-0.2, -0.15) is 0 Å². The second kappa shape index (κ2) is 9.38. The molecule has 2 aromatic carbocycles. The second-order valence-electron chi connectivity index (χ2n) is 8.31. The molecule has 2 aromatic rings. The second-order valence-corrected chi connectivity index (χ2v) is 10.1. The zero-order valence-corrected chi connectivity index (χ0v) is 18.9. The van der Waals surface area contributed by atoms with Gasteiger partial charge in [-0.15, -0.1) is 0 Å². The van der Waals surface area contributed by atoms with E-state index in [4.69, 9.17) is 10.5 Å². The fourth-order valence-electron chi connectivity index (χ4n) is 4.37. The van der Waals surface area contributed by atoms with Gasteiger partial charge in [-0.25, -0.2) is 0 Å². The van der Waals surface area contributed by atoms with Crippen molar-refractivity contribution < 1.29 is 18.5 Å². The molecule has 1 unspecified atom stereocenters. The van der Waals surface area contributed by atoms with E-state index in [1.54, 1.807) is 24.3 Å². The Kier molecular flexibility index (Phi) is 6.58. The van der Waals surface area contributed by atoms with E-state index in [0.717, 1.165) is 29.7 Å².